The zero-order valence-corrected chi connectivity index (χ0v) is 20.6. The van der Waals surface area contributed by atoms with E-state index < -0.39 is 12.8 Å². The van der Waals surface area contributed by atoms with E-state index in [2.05, 4.69) is 20.2 Å². The van der Waals surface area contributed by atoms with Crippen molar-refractivity contribution in [3.8, 4) is 5.19 Å². The molecule has 4 heterocycles. The molecule has 7 nitrogen and oxygen atoms in total. The molecule has 0 bridgehead atoms. The summed E-state index contributed by atoms with van der Waals surface area (Å²) in [6, 6.07) is 3.82. The summed E-state index contributed by atoms with van der Waals surface area (Å²) in [6.45, 7) is 3.68. The van der Waals surface area contributed by atoms with Crippen molar-refractivity contribution in [2.24, 2.45) is 0 Å². The second-order valence-corrected chi connectivity index (χ2v) is 10.2. The van der Waals surface area contributed by atoms with Gasteiger partial charge in [0.25, 0.3) is 5.19 Å². The van der Waals surface area contributed by atoms with Crippen LogP contribution >= 0.6 is 11.3 Å². The maximum atomic E-state index is 12.4. The van der Waals surface area contributed by atoms with Gasteiger partial charge in [0.1, 0.15) is 0 Å². The molecule has 1 fully saturated rings. The van der Waals surface area contributed by atoms with Crippen LogP contribution in [0.25, 0.3) is 0 Å². The van der Waals surface area contributed by atoms with E-state index in [1.165, 1.54) is 11.3 Å². The summed E-state index contributed by atoms with van der Waals surface area (Å²) in [7, 11) is 0. The maximum absolute atomic E-state index is 12.4. The van der Waals surface area contributed by atoms with Crippen LogP contribution in [0.5, 0.6) is 5.19 Å². The van der Waals surface area contributed by atoms with Crippen LogP contribution in [-0.2, 0) is 28.8 Å². The number of carbonyl (C=O) groups excluding carboxylic acids is 1. The van der Waals surface area contributed by atoms with E-state index in [1.807, 2.05) is 19.1 Å². The van der Waals surface area contributed by atoms with Gasteiger partial charge in [-0.05, 0) is 50.3 Å². The van der Waals surface area contributed by atoms with Crippen molar-refractivity contribution in [2.75, 3.05) is 32.8 Å². The fourth-order valence-electron chi connectivity index (χ4n) is 4.47. The molecule has 11 heteroatoms. The van der Waals surface area contributed by atoms with Crippen molar-refractivity contribution < 1.29 is 27.4 Å². The standard InChI is InChI=1S/C24H31F3N4O3S/c1-16-12-17(4-8-28-16)13-22(32)29-18-2-3-19(33-14-18)5-9-31-10-6-20-21(7-11-31)35-23(30-20)34-15-24(25,26)27/h4,8,12,18-19H,2-3,5-7,9-11,13-15H2,1H3,(H,29,32)/t18-,19+/m0/s1. The first kappa shape index (κ1) is 25.8. The lowest BCUT2D eigenvalue weighted by Crippen LogP contribution is -2.44. The van der Waals surface area contributed by atoms with Gasteiger partial charge < -0.3 is 19.7 Å². The third kappa shape index (κ3) is 8.15. The van der Waals surface area contributed by atoms with Gasteiger partial charge in [0, 0.05) is 42.8 Å². The Balaban J connectivity index is 1.13. The molecule has 0 unspecified atom stereocenters. The molecule has 1 amide bonds. The van der Waals surface area contributed by atoms with E-state index in [9.17, 15) is 18.0 Å². The van der Waals surface area contributed by atoms with Crippen LogP contribution in [0.3, 0.4) is 0 Å². The Morgan fingerprint density at radius 1 is 1.31 bits per heavy atom. The van der Waals surface area contributed by atoms with Gasteiger partial charge in [0.05, 0.1) is 30.9 Å². The van der Waals surface area contributed by atoms with E-state index in [0.717, 1.165) is 67.1 Å². The molecule has 2 atom stereocenters. The summed E-state index contributed by atoms with van der Waals surface area (Å²) in [4.78, 5) is 24.2. The number of pyridine rings is 1. The third-order valence-corrected chi connectivity index (χ3v) is 7.34. The van der Waals surface area contributed by atoms with Gasteiger partial charge in [-0.1, -0.05) is 11.3 Å². The number of fused-ring (bicyclic) bond motifs is 1. The first-order chi connectivity index (χ1) is 16.7. The second-order valence-electron chi connectivity index (χ2n) is 9.16. The second kappa shape index (κ2) is 11.7. The summed E-state index contributed by atoms with van der Waals surface area (Å²) in [5.41, 5.74) is 2.70. The summed E-state index contributed by atoms with van der Waals surface area (Å²) in [5, 5.41) is 3.18. The van der Waals surface area contributed by atoms with E-state index in [1.54, 1.807) is 6.20 Å². The highest BCUT2D eigenvalue weighted by Crippen LogP contribution is 2.29. The number of carbonyl (C=O) groups is 1. The van der Waals surface area contributed by atoms with E-state index in [-0.39, 0.29) is 23.2 Å². The fourth-order valence-corrected chi connectivity index (χ4v) is 5.41. The molecule has 2 aliphatic heterocycles. The number of halogens is 3. The Hall–Kier alpha value is -2.24. The predicted molar refractivity (Wildman–Crippen MR) is 126 cm³/mol. The van der Waals surface area contributed by atoms with Crippen molar-refractivity contribution in [1.82, 2.24) is 20.2 Å². The molecule has 0 aromatic carbocycles. The highest BCUT2D eigenvalue weighted by atomic mass is 32.1. The van der Waals surface area contributed by atoms with Crippen molar-refractivity contribution >= 4 is 17.2 Å². The first-order valence-corrected chi connectivity index (χ1v) is 12.8. The van der Waals surface area contributed by atoms with Crippen LogP contribution in [0.1, 0.15) is 41.1 Å². The van der Waals surface area contributed by atoms with Gasteiger partial charge in [0.15, 0.2) is 6.61 Å². The predicted octanol–water partition coefficient (Wildman–Crippen LogP) is 3.48. The molecule has 0 spiro atoms. The quantitative estimate of drug-likeness (QED) is 0.584. The summed E-state index contributed by atoms with van der Waals surface area (Å²) < 4.78 is 47.9. The molecule has 2 aromatic rings. The number of hydrogen-bond acceptors (Lipinski definition) is 7. The first-order valence-electron chi connectivity index (χ1n) is 12.0. The lowest BCUT2D eigenvalue weighted by molar-refractivity contribution is -0.153. The number of alkyl halides is 3. The number of rotatable bonds is 8. The number of nitrogens with zero attached hydrogens (tertiary/aromatic N) is 3. The lowest BCUT2D eigenvalue weighted by atomic mass is 10.0. The van der Waals surface area contributed by atoms with Crippen molar-refractivity contribution in [3.63, 3.8) is 0 Å². The molecule has 35 heavy (non-hydrogen) atoms. The van der Waals surface area contributed by atoms with Gasteiger partial charge in [-0.3, -0.25) is 9.78 Å². The van der Waals surface area contributed by atoms with Crippen LogP contribution in [0.15, 0.2) is 18.3 Å². The van der Waals surface area contributed by atoms with Gasteiger partial charge in [-0.15, -0.1) is 0 Å². The molecule has 2 aromatic heterocycles. The van der Waals surface area contributed by atoms with Gasteiger partial charge in [0.2, 0.25) is 5.91 Å². The number of nitrogens with one attached hydrogen (secondary N) is 1. The molecule has 0 aliphatic carbocycles. The molecule has 1 saturated heterocycles. The fraction of sp³-hybridized carbons (Fsp3) is 0.625. The molecule has 1 N–H and O–H groups in total. The number of hydrogen-bond donors (Lipinski definition) is 1. The monoisotopic (exact) mass is 512 g/mol. The minimum atomic E-state index is -4.36. The normalized spacial score (nSPS) is 21.3. The Bertz CT molecular complexity index is 967. The van der Waals surface area contributed by atoms with Crippen LogP contribution in [0.2, 0.25) is 0 Å². The smallest absolute Gasteiger partial charge is 0.422 e. The van der Waals surface area contributed by atoms with E-state index in [4.69, 9.17) is 9.47 Å². The third-order valence-electron chi connectivity index (χ3n) is 6.27. The molecule has 0 radical (unpaired) electrons. The van der Waals surface area contributed by atoms with Crippen LogP contribution in [-0.4, -0.2) is 71.9 Å². The van der Waals surface area contributed by atoms with Gasteiger partial charge in [-0.2, -0.15) is 13.2 Å². The van der Waals surface area contributed by atoms with E-state index in [0.29, 0.717) is 19.4 Å². The molecule has 2 aliphatic rings. The number of amides is 1. The minimum absolute atomic E-state index is 0.000239. The van der Waals surface area contributed by atoms with Crippen molar-refractivity contribution in [2.45, 2.75) is 63.8 Å². The highest BCUT2D eigenvalue weighted by molar-refractivity contribution is 7.13. The SMILES string of the molecule is Cc1cc(CC(=O)N[C@H]2CC[C@H](CCN3CCc4nc(OCC(F)(F)F)sc4CC3)OC2)ccn1. The topological polar surface area (TPSA) is 76.6 Å². The number of aromatic nitrogens is 2. The van der Waals surface area contributed by atoms with E-state index >= 15 is 0 Å². The highest BCUT2D eigenvalue weighted by Gasteiger charge is 2.30. The summed E-state index contributed by atoms with van der Waals surface area (Å²) in [5.74, 6) is 0.000239. The maximum Gasteiger partial charge on any atom is 0.422 e. The molecule has 4 rings (SSSR count). The zero-order valence-electron chi connectivity index (χ0n) is 19.8. The van der Waals surface area contributed by atoms with Crippen LogP contribution in [0.4, 0.5) is 13.2 Å². The van der Waals surface area contributed by atoms with Crippen LogP contribution < -0.4 is 10.1 Å². The largest absolute Gasteiger partial charge is 0.460 e. The van der Waals surface area contributed by atoms with Crippen molar-refractivity contribution in [1.29, 1.82) is 0 Å². The summed E-state index contributed by atoms with van der Waals surface area (Å²) >= 11 is 1.22. The number of aryl methyl sites for hydroxylation is 1. The minimum Gasteiger partial charge on any atom is -0.460 e. The lowest BCUT2D eigenvalue weighted by Gasteiger charge is -2.31. The number of ether oxygens (including phenoxy) is 2. The average Bonchev–Trinajstić information content (AvgIpc) is 3.10. The van der Waals surface area contributed by atoms with Crippen molar-refractivity contribution in [3.05, 3.63) is 40.2 Å². The Kier molecular flexibility index (Phi) is 8.61. The summed E-state index contributed by atoms with van der Waals surface area (Å²) in [6.07, 6.45) is 2.06. The molecule has 192 valence electrons. The average molecular weight is 513 g/mol. The van der Waals surface area contributed by atoms with Gasteiger partial charge in [-0.25, -0.2) is 4.98 Å². The van der Waals surface area contributed by atoms with Crippen LogP contribution in [0, 0.1) is 6.92 Å². The molecule has 0 saturated carbocycles. The Morgan fingerprint density at radius 3 is 2.89 bits per heavy atom. The Morgan fingerprint density at radius 2 is 2.14 bits per heavy atom. The number of thiazole rings is 1. The Labute approximate surface area is 207 Å². The molecular weight excluding hydrogens is 481 g/mol. The van der Waals surface area contributed by atoms with Gasteiger partial charge >= 0.3 is 6.18 Å². The zero-order chi connectivity index (χ0) is 24.8. The molecular formula is C24H31F3N4O3S.